The molecule has 1 rings (SSSR count). The van der Waals surface area contributed by atoms with Gasteiger partial charge < -0.3 is 15.6 Å². The molecule has 1 saturated carbocycles. The first kappa shape index (κ1) is 12.5. The van der Waals surface area contributed by atoms with E-state index >= 15 is 0 Å². The zero-order valence-electron chi connectivity index (χ0n) is 9.37. The van der Waals surface area contributed by atoms with Gasteiger partial charge in [0.25, 0.3) is 0 Å². The van der Waals surface area contributed by atoms with Crippen molar-refractivity contribution in [2.45, 2.75) is 32.1 Å². The highest BCUT2D eigenvalue weighted by Crippen LogP contribution is 2.48. The highest BCUT2D eigenvalue weighted by Gasteiger charge is 2.49. The van der Waals surface area contributed by atoms with Crippen LogP contribution in [0.2, 0.25) is 0 Å². The summed E-state index contributed by atoms with van der Waals surface area (Å²) >= 11 is 0. The molecule has 1 aliphatic rings. The van der Waals surface area contributed by atoms with Gasteiger partial charge in [-0.05, 0) is 38.0 Å². The van der Waals surface area contributed by atoms with Crippen molar-refractivity contribution < 1.29 is 14.6 Å². The summed E-state index contributed by atoms with van der Waals surface area (Å²) in [6, 6.07) is 0. The number of methoxy groups -OCH3 is 1. The van der Waals surface area contributed by atoms with E-state index in [0.29, 0.717) is 18.9 Å². The van der Waals surface area contributed by atoms with Gasteiger partial charge in [0.1, 0.15) is 0 Å². The molecule has 15 heavy (non-hydrogen) atoms. The maximum Gasteiger partial charge on any atom is 0.311 e. The van der Waals surface area contributed by atoms with Crippen LogP contribution in [0.15, 0.2) is 0 Å². The van der Waals surface area contributed by atoms with Crippen LogP contribution in [0.25, 0.3) is 0 Å². The Balaban J connectivity index is 2.44. The van der Waals surface area contributed by atoms with Gasteiger partial charge in [0.15, 0.2) is 0 Å². The van der Waals surface area contributed by atoms with Crippen molar-refractivity contribution in [1.82, 2.24) is 0 Å². The summed E-state index contributed by atoms with van der Waals surface area (Å²) in [5.74, 6) is -0.410. The molecule has 0 heterocycles. The first-order chi connectivity index (χ1) is 7.17. The van der Waals surface area contributed by atoms with E-state index in [1.165, 1.54) is 0 Å². The first-order valence-electron chi connectivity index (χ1n) is 5.60. The predicted molar refractivity (Wildman–Crippen MR) is 57.6 cm³/mol. The molecule has 0 spiro atoms. The average molecular weight is 215 g/mol. The Kier molecular flexibility index (Phi) is 4.54. The molecule has 0 saturated heterocycles. The second-order valence-corrected chi connectivity index (χ2v) is 4.39. The van der Waals surface area contributed by atoms with Crippen LogP contribution in [0, 0.1) is 11.3 Å². The van der Waals surface area contributed by atoms with E-state index in [4.69, 9.17) is 10.5 Å². The lowest BCUT2D eigenvalue weighted by molar-refractivity contribution is -0.150. The number of ether oxygens (including phenoxy) is 1. The first-order valence-corrected chi connectivity index (χ1v) is 5.60. The smallest absolute Gasteiger partial charge is 0.311 e. The molecule has 88 valence electrons. The van der Waals surface area contributed by atoms with Crippen molar-refractivity contribution in [2.75, 3.05) is 20.3 Å². The number of carboxylic acids is 1. The fourth-order valence-corrected chi connectivity index (χ4v) is 2.16. The van der Waals surface area contributed by atoms with Crippen molar-refractivity contribution in [3.8, 4) is 0 Å². The van der Waals surface area contributed by atoms with Gasteiger partial charge in [-0.15, -0.1) is 0 Å². The number of carboxylic acid groups (broad SMARTS) is 1. The summed E-state index contributed by atoms with van der Waals surface area (Å²) in [6.45, 7) is 0.963. The number of rotatable bonds is 8. The molecule has 4 heteroatoms. The molecular weight excluding hydrogens is 194 g/mol. The van der Waals surface area contributed by atoms with E-state index in [1.807, 2.05) is 0 Å². The molecule has 0 radical (unpaired) electrons. The third kappa shape index (κ3) is 2.92. The van der Waals surface area contributed by atoms with Crippen LogP contribution in [-0.4, -0.2) is 31.3 Å². The van der Waals surface area contributed by atoms with Gasteiger partial charge >= 0.3 is 5.97 Å². The lowest BCUT2D eigenvalue weighted by atomic mass is 9.78. The van der Waals surface area contributed by atoms with Crippen molar-refractivity contribution in [3.63, 3.8) is 0 Å². The highest BCUT2D eigenvalue weighted by atomic mass is 16.5. The quantitative estimate of drug-likeness (QED) is 0.597. The zero-order valence-corrected chi connectivity index (χ0v) is 9.37. The average Bonchev–Trinajstić information content (AvgIpc) is 3.02. The summed E-state index contributed by atoms with van der Waals surface area (Å²) in [7, 11) is 1.66. The number of hydrogen-bond acceptors (Lipinski definition) is 3. The van der Waals surface area contributed by atoms with E-state index in [9.17, 15) is 9.90 Å². The van der Waals surface area contributed by atoms with Gasteiger partial charge in [-0.1, -0.05) is 0 Å². The monoisotopic (exact) mass is 215 g/mol. The molecule has 0 bridgehead atoms. The van der Waals surface area contributed by atoms with E-state index in [0.717, 1.165) is 25.7 Å². The summed E-state index contributed by atoms with van der Waals surface area (Å²) in [5, 5.41) is 9.28. The lowest BCUT2D eigenvalue weighted by Crippen LogP contribution is -2.40. The number of aliphatic carboxylic acids is 1. The number of hydrogen-bond donors (Lipinski definition) is 2. The third-order valence-corrected chi connectivity index (χ3v) is 3.37. The van der Waals surface area contributed by atoms with Crippen molar-refractivity contribution in [1.29, 1.82) is 0 Å². The summed E-state index contributed by atoms with van der Waals surface area (Å²) in [5.41, 5.74) is 4.99. The minimum Gasteiger partial charge on any atom is -0.481 e. The topological polar surface area (TPSA) is 72.5 Å². The SMILES string of the molecule is COCCCCC(CN)(C(=O)O)C1CC1. The molecule has 4 nitrogen and oxygen atoms in total. The zero-order chi connectivity index (χ0) is 11.3. The molecule has 1 aliphatic carbocycles. The maximum atomic E-state index is 11.3. The number of carbonyl (C=O) groups is 1. The Bertz CT molecular complexity index is 216. The Hall–Kier alpha value is -0.610. The summed E-state index contributed by atoms with van der Waals surface area (Å²) in [4.78, 5) is 11.3. The Morgan fingerprint density at radius 1 is 1.53 bits per heavy atom. The molecule has 1 unspecified atom stereocenters. The van der Waals surface area contributed by atoms with E-state index in [-0.39, 0.29) is 6.54 Å². The summed E-state index contributed by atoms with van der Waals surface area (Å²) in [6.07, 6.45) is 4.53. The van der Waals surface area contributed by atoms with Crippen LogP contribution in [-0.2, 0) is 9.53 Å². The molecule has 1 atom stereocenters. The minimum absolute atomic E-state index is 0.264. The highest BCUT2D eigenvalue weighted by molar-refractivity contribution is 5.75. The van der Waals surface area contributed by atoms with Crippen LogP contribution in [0.5, 0.6) is 0 Å². The van der Waals surface area contributed by atoms with Crippen molar-refractivity contribution in [3.05, 3.63) is 0 Å². The molecule has 0 aromatic heterocycles. The van der Waals surface area contributed by atoms with Gasteiger partial charge in [-0.25, -0.2) is 0 Å². The van der Waals surface area contributed by atoms with Gasteiger partial charge in [-0.2, -0.15) is 0 Å². The predicted octanol–water partition coefficient (Wildman–Crippen LogP) is 1.24. The van der Waals surface area contributed by atoms with Gasteiger partial charge in [0.2, 0.25) is 0 Å². The van der Waals surface area contributed by atoms with E-state index in [1.54, 1.807) is 7.11 Å². The molecule has 3 N–H and O–H groups in total. The van der Waals surface area contributed by atoms with Gasteiger partial charge in [-0.3, -0.25) is 4.79 Å². The van der Waals surface area contributed by atoms with Crippen LogP contribution < -0.4 is 5.73 Å². The van der Waals surface area contributed by atoms with Gasteiger partial charge in [0, 0.05) is 20.3 Å². The second kappa shape index (κ2) is 5.47. The van der Waals surface area contributed by atoms with Crippen LogP contribution in [0.3, 0.4) is 0 Å². The largest absolute Gasteiger partial charge is 0.481 e. The number of nitrogens with two attached hydrogens (primary N) is 1. The maximum absolute atomic E-state index is 11.3. The summed E-state index contributed by atoms with van der Waals surface area (Å²) < 4.78 is 4.95. The standard InChI is InChI=1S/C11H21NO3/c1-15-7-3-2-6-11(8-12,10(13)14)9-4-5-9/h9H,2-8,12H2,1H3,(H,13,14). The fourth-order valence-electron chi connectivity index (χ4n) is 2.16. The second-order valence-electron chi connectivity index (χ2n) is 4.39. The van der Waals surface area contributed by atoms with Crippen molar-refractivity contribution in [2.24, 2.45) is 17.1 Å². The van der Waals surface area contributed by atoms with Crippen LogP contribution in [0.4, 0.5) is 0 Å². The Morgan fingerprint density at radius 3 is 2.60 bits per heavy atom. The Morgan fingerprint density at radius 2 is 2.20 bits per heavy atom. The van der Waals surface area contributed by atoms with E-state index < -0.39 is 11.4 Å². The normalized spacial score (nSPS) is 19.9. The fraction of sp³-hybridized carbons (Fsp3) is 0.909. The lowest BCUT2D eigenvalue weighted by Gasteiger charge is -2.27. The molecule has 0 aromatic carbocycles. The Labute approximate surface area is 90.8 Å². The van der Waals surface area contributed by atoms with E-state index in [2.05, 4.69) is 0 Å². The van der Waals surface area contributed by atoms with Crippen LogP contribution >= 0.6 is 0 Å². The molecule has 1 fully saturated rings. The number of unbranched alkanes of at least 4 members (excludes halogenated alkanes) is 1. The molecule has 0 amide bonds. The van der Waals surface area contributed by atoms with Crippen molar-refractivity contribution >= 4 is 5.97 Å². The molecule has 0 aromatic rings. The van der Waals surface area contributed by atoms with Gasteiger partial charge in [0.05, 0.1) is 5.41 Å². The molecule has 0 aliphatic heterocycles. The van der Waals surface area contributed by atoms with Crippen LogP contribution in [0.1, 0.15) is 32.1 Å². The molecular formula is C11H21NO3. The minimum atomic E-state index is -0.718. The third-order valence-electron chi connectivity index (χ3n) is 3.37.